The molecule has 1 saturated heterocycles. The maximum absolute atomic E-state index is 12.5. The number of hydrogen-bond donors (Lipinski definition) is 1. The Bertz CT molecular complexity index is 248. The summed E-state index contributed by atoms with van der Waals surface area (Å²) in [4.78, 5) is 12.5. The molecule has 1 aliphatic heterocycles. The fourth-order valence-corrected chi connectivity index (χ4v) is 3.05. The first kappa shape index (κ1) is 15.4. The minimum absolute atomic E-state index is 0.0363. The molecule has 18 heavy (non-hydrogen) atoms. The van der Waals surface area contributed by atoms with Crippen LogP contribution in [-0.2, 0) is 4.79 Å². The number of piperidine rings is 1. The average molecular weight is 251 g/mol. The molecule has 0 aromatic heterocycles. The molecule has 1 heterocycles. The first-order valence-corrected chi connectivity index (χ1v) is 7.60. The lowest BCUT2D eigenvalue weighted by Gasteiger charge is -2.36. The van der Waals surface area contributed by atoms with Crippen molar-refractivity contribution in [3.63, 3.8) is 0 Å². The number of rotatable bonds is 9. The molecule has 2 nitrogen and oxygen atoms in total. The van der Waals surface area contributed by atoms with E-state index >= 15 is 0 Å². The van der Waals surface area contributed by atoms with Gasteiger partial charge in [-0.3, -0.25) is 4.79 Å². The Hall–Kier alpha value is -0.630. The lowest BCUT2D eigenvalue weighted by atomic mass is 9.72. The van der Waals surface area contributed by atoms with Crippen molar-refractivity contribution in [2.45, 2.75) is 64.7 Å². The van der Waals surface area contributed by atoms with Gasteiger partial charge in [0.15, 0.2) is 0 Å². The number of carbonyl (C=O) groups is 1. The summed E-state index contributed by atoms with van der Waals surface area (Å²) >= 11 is 0. The van der Waals surface area contributed by atoms with Crippen molar-refractivity contribution >= 4 is 5.78 Å². The largest absolute Gasteiger partial charge is 0.316 e. The molecule has 1 atom stereocenters. The van der Waals surface area contributed by atoms with Gasteiger partial charge in [0, 0.05) is 18.4 Å². The molecule has 2 heteroatoms. The molecule has 0 aromatic rings. The normalized spacial score (nSPS) is 23.8. The molecular weight excluding hydrogens is 222 g/mol. The van der Waals surface area contributed by atoms with Crippen LogP contribution in [0.15, 0.2) is 12.7 Å². The Morgan fingerprint density at radius 3 is 2.83 bits per heavy atom. The van der Waals surface area contributed by atoms with Crippen molar-refractivity contribution in [2.75, 3.05) is 13.1 Å². The Labute approximate surface area is 112 Å². The summed E-state index contributed by atoms with van der Waals surface area (Å²) in [6.45, 7) is 7.91. The molecule has 0 aliphatic carbocycles. The van der Waals surface area contributed by atoms with E-state index in [0.29, 0.717) is 5.78 Å². The molecule has 0 spiro atoms. The number of carbonyl (C=O) groups excluding carboxylic acids is 1. The smallest absolute Gasteiger partial charge is 0.140 e. The van der Waals surface area contributed by atoms with Gasteiger partial charge in [0.1, 0.15) is 5.78 Å². The predicted octanol–water partition coefficient (Wildman–Crippen LogP) is 3.86. The molecule has 1 aliphatic rings. The van der Waals surface area contributed by atoms with Gasteiger partial charge in [0.2, 0.25) is 0 Å². The molecule has 0 saturated carbocycles. The van der Waals surface area contributed by atoms with E-state index in [0.717, 1.165) is 64.5 Å². The van der Waals surface area contributed by atoms with E-state index in [4.69, 9.17) is 0 Å². The second-order valence-corrected chi connectivity index (χ2v) is 5.62. The third-order valence-electron chi connectivity index (χ3n) is 4.10. The van der Waals surface area contributed by atoms with Gasteiger partial charge in [-0.2, -0.15) is 0 Å². The van der Waals surface area contributed by atoms with Crippen LogP contribution in [0.3, 0.4) is 0 Å². The number of allylic oxidation sites excluding steroid dienone is 1. The second kappa shape index (κ2) is 8.47. The van der Waals surface area contributed by atoms with Crippen molar-refractivity contribution < 1.29 is 4.79 Å². The number of Topliss-reactive ketones (excluding diaryl/α,β-unsaturated/α-hetero) is 1. The van der Waals surface area contributed by atoms with Gasteiger partial charge in [-0.05, 0) is 45.1 Å². The van der Waals surface area contributed by atoms with Crippen LogP contribution in [0.1, 0.15) is 64.7 Å². The van der Waals surface area contributed by atoms with Crippen LogP contribution in [0.4, 0.5) is 0 Å². The van der Waals surface area contributed by atoms with Crippen LogP contribution in [0.5, 0.6) is 0 Å². The van der Waals surface area contributed by atoms with E-state index < -0.39 is 0 Å². The highest BCUT2D eigenvalue weighted by Crippen LogP contribution is 2.34. The molecule has 1 N–H and O–H groups in total. The molecule has 0 aromatic carbocycles. The second-order valence-electron chi connectivity index (χ2n) is 5.62. The maximum Gasteiger partial charge on any atom is 0.140 e. The van der Waals surface area contributed by atoms with Crippen LogP contribution in [-0.4, -0.2) is 18.9 Å². The Morgan fingerprint density at radius 2 is 2.22 bits per heavy atom. The predicted molar refractivity (Wildman–Crippen MR) is 77.7 cm³/mol. The monoisotopic (exact) mass is 251 g/mol. The fraction of sp³-hybridized carbons (Fsp3) is 0.812. The van der Waals surface area contributed by atoms with Crippen molar-refractivity contribution in [3.05, 3.63) is 12.7 Å². The summed E-state index contributed by atoms with van der Waals surface area (Å²) in [6, 6.07) is 0. The molecule has 0 radical (unpaired) electrons. The summed E-state index contributed by atoms with van der Waals surface area (Å²) in [5.74, 6) is 0.509. The maximum atomic E-state index is 12.5. The van der Waals surface area contributed by atoms with E-state index in [1.807, 2.05) is 6.08 Å². The highest BCUT2D eigenvalue weighted by atomic mass is 16.1. The fourth-order valence-electron chi connectivity index (χ4n) is 3.05. The minimum Gasteiger partial charge on any atom is -0.316 e. The number of unbranched alkanes of at least 4 members (excludes halogenated alkanes) is 3. The summed E-state index contributed by atoms with van der Waals surface area (Å²) in [7, 11) is 0. The first-order valence-electron chi connectivity index (χ1n) is 7.60. The Morgan fingerprint density at radius 1 is 1.39 bits per heavy atom. The third-order valence-corrected chi connectivity index (χ3v) is 4.10. The van der Waals surface area contributed by atoms with E-state index in [1.54, 1.807) is 0 Å². The van der Waals surface area contributed by atoms with Crippen LogP contribution >= 0.6 is 0 Å². The number of nitrogens with one attached hydrogen (secondary N) is 1. The summed E-state index contributed by atoms with van der Waals surface area (Å²) < 4.78 is 0. The number of hydrogen-bond acceptors (Lipinski definition) is 2. The Kier molecular flexibility index (Phi) is 7.26. The molecule has 1 fully saturated rings. The Balaban J connectivity index is 2.37. The first-order chi connectivity index (χ1) is 8.75. The quantitative estimate of drug-likeness (QED) is 0.498. The lowest BCUT2D eigenvalue weighted by molar-refractivity contribution is -0.130. The van der Waals surface area contributed by atoms with Gasteiger partial charge in [0.05, 0.1) is 0 Å². The third kappa shape index (κ3) is 4.56. The van der Waals surface area contributed by atoms with E-state index in [1.165, 1.54) is 6.42 Å². The van der Waals surface area contributed by atoms with Gasteiger partial charge in [-0.25, -0.2) is 0 Å². The van der Waals surface area contributed by atoms with Gasteiger partial charge >= 0.3 is 0 Å². The highest BCUT2D eigenvalue weighted by molar-refractivity contribution is 5.85. The average Bonchev–Trinajstić information content (AvgIpc) is 2.39. The summed E-state index contributed by atoms with van der Waals surface area (Å²) in [5, 5.41) is 3.42. The molecular formula is C16H29NO. The van der Waals surface area contributed by atoms with Crippen LogP contribution in [0.2, 0.25) is 0 Å². The van der Waals surface area contributed by atoms with Gasteiger partial charge in [0.25, 0.3) is 0 Å². The van der Waals surface area contributed by atoms with Crippen molar-refractivity contribution in [1.82, 2.24) is 5.32 Å². The summed E-state index contributed by atoms with van der Waals surface area (Å²) in [6.07, 6.45) is 11.6. The van der Waals surface area contributed by atoms with Crippen molar-refractivity contribution in [2.24, 2.45) is 5.41 Å². The molecule has 0 bridgehead atoms. The van der Waals surface area contributed by atoms with Crippen molar-refractivity contribution in [1.29, 1.82) is 0 Å². The van der Waals surface area contributed by atoms with E-state index in [9.17, 15) is 4.79 Å². The SMILES string of the molecule is C=CCCCCCC(=O)C1(CCC)CCCNC1. The minimum atomic E-state index is -0.0363. The van der Waals surface area contributed by atoms with Crippen LogP contribution in [0.25, 0.3) is 0 Å². The molecule has 0 amide bonds. The standard InChI is InChI=1S/C16H29NO/c1-3-5-6-7-8-10-15(18)16(11-4-2)12-9-13-17-14-16/h3,17H,1,4-14H2,2H3. The zero-order valence-electron chi connectivity index (χ0n) is 12.0. The molecule has 104 valence electrons. The van der Waals surface area contributed by atoms with Crippen molar-refractivity contribution in [3.8, 4) is 0 Å². The van der Waals surface area contributed by atoms with Crippen LogP contribution < -0.4 is 5.32 Å². The number of ketones is 1. The zero-order valence-corrected chi connectivity index (χ0v) is 12.0. The van der Waals surface area contributed by atoms with E-state index in [-0.39, 0.29) is 5.41 Å². The van der Waals surface area contributed by atoms with E-state index in [2.05, 4.69) is 18.8 Å². The topological polar surface area (TPSA) is 29.1 Å². The van der Waals surface area contributed by atoms with Gasteiger partial charge < -0.3 is 5.32 Å². The zero-order chi connectivity index (χ0) is 13.3. The van der Waals surface area contributed by atoms with Gasteiger partial charge in [-0.1, -0.05) is 25.8 Å². The molecule has 1 rings (SSSR count). The van der Waals surface area contributed by atoms with Crippen LogP contribution in [0, 0.1) is 5.41 Å². The molecule has 1 unspecified atom stereocenters. The van der Waals surface area contributed by atoms with Gasteiger partial charge in [-0.15, -0.1) is 6.58 Å². The highest BCUT2D eigenvalue weighted by Gasteiger charge is 2.37. The summed E-state index contributed by atoms with van der Waals surface area (Å²) in [5.41, 5.74) is -0.0363. The lowest BCUT2D eigenvalue weighted by Crippen LogP contribution is -2.45.